The average Bonchev–Trinajstić information content (AvgIpc) is 3.16. The minimum absolute atomic E-state index is 0.0249. The molecule has 0 aromatic heterocycles. The Hall–Kier alpha value is -3.35. The number of hydrogen-bond donors (Lipinski definition) is 2. The van der Waals surface area contributed by atoms with Crippen molar-refractivity contribution in [3.8, 4) is 11.1 Å². The third-order valence-electron chi connectivity index (χ3n) is 7.21. The van der Waals surface area contributed by atoms with E-state index in [-0.39, 0.29) is 43.4 Å². The van der Waals surface area contributed by atoms with Gasteiger partial charge < -0.3 is 20.1 Å². The maximum absolute atomic E-state index is 12.8. The largest absolute Gasteiger partial charge is 0.481 e. The van der Waals surface area contributed by atoms with Crippen LogP contribution >= 0.6 is 0 Å². The summed E-state index contributed by atoms with van der Waals surface area (Å²) in [6.07, 6.45) is 0.820. The van der Waals surface area contributed by atoms with Crippen LogP contribution in [0.3, 0.4) is 0 Å². The van der Waals surface area contributed by atoms with Crippen LogP contribution in [0.5, 0.6) is 0 Å². The fourth-order valence-electron chi connectivity index (χ4n) is 5.06. The molecular weight excluding hydrogens is 432 g/mol. The summed E-state index contributed by atoms with van der Waals surface area (Å²) >= 11 is 0. The summed E-state index contributed by atoms with van der Waals surface area (Å²) in [5.41, 5.74) is 4.62. The Kier molecular flexibility index (Phi) is 7.20. The van der Waals surface area contributed by atoms with Crippen LogP contribution < -0.4 is 5.32 Å². The van der Waals surface area contributed by atoms with E-state index in [0.29, 0.717) is 19.4 Å². The van der Waals surface area contributed by atoms with Gasteiger partial charge in [0.25, 0.3) is 0 Å². The minimum atomic E-state index is -0.867. The Labute approximate surface area is 200 Å². The van der Waals surface area contributed by atoms with Crippen LogP contribution in [0.25, 0.3) is 11.1 Å². The van der Waals surface area contributed by atoms with Gasteiger partial charge in [0.05, 0.1) is 5.92 Å². The molecular formula is C27H32N2O5. The van der Waals surface area contributed by atoms with E-state index in [9.17, 15) is 19.5 Å². The second-order valence-corrected chi connectivity index (χ2v) is 9.33. The number of alkyl carbamates (subject to hydrolysis) is 1. The van der Waals surface area contributed by atoms with Crippen LogP contribution in [0, 0.1) is 11.8 Å². The zero-order valence-corrected chi connectivity index (χ0v) is 19.7. The number of nitrogens with zero attached hydrogens (tertiary/aromatic N) is 1. The SMILES string of the molecule is CCC(CC(=O)N1CCC(C)C(C(=O)O)C1)NC(=O)OCC1c2ccccc2-c2ccccc21. The van der Waals surface area contributed by atoms with Crippen molar-refractivity contribution in [2.24, 2.45) is 11.8 Å². The Balaban J connectivity index is 1.33. The van der Waals surface area contributed by atoms with Crippen LogP contribution in [0.1, 0.15) is 50.2 Å². The monoisotopic (exact) mass is 464 g/mol. The number of rotatable bonds is 7. The van der Waals surface area contributed by atoms with Crippen LogP contribution in [-0.4, -0.2) is 53.7 Å². The van der Waals surface area contributed by atoms with Crippen LogP contribution in [-0.2, 0) is 14.3 Å². The third kappa shape index (κ3) is 4.93. The number of hydrogen-bond acceptors (Lipinski definition) is 4. The van der Waals surface area contributed by atoms with Crippen molar-refractivity contribution in [3.05, 3.63) is 59.7 Å². The second kappa shape index (κ2) is 10.3. The quantitative estimate of drug-likeness (QED) is 0.638. The third-order valence-corrected chi connectivity index (χ3v) is 7.21. The summed E-state index contributed by atoms with van der Waals surface area (Å²) in [5.74, 6) is -1.53. The Morgan fingerprint density at radius 3 is 2.29 bits per heavy atom. The van der Waals surface area contributed by atoms with Gasteiger partial charge in [-0.05, 0) is 41.0 Å². The lowest BCUT2D eigenvalue weighted by atomic mass is 9.87. The fourth-order valence-corrected chi connectivity index (χ4v) is 5.06. The van der Waals surface area contributed by atoms with Crippen LogP contribution in [0.2, 0.25) is 0 Å². The van der Waals surface area contributed by atoms with E-state index in [2.05, 4.69) is 29.6 Å². The van der Waals surface area contributed by atoms with Gasteiger partial charge in [-0.2, -0.15) is 0 Å². The lowest BCUT2D eigenvalue weighted by Crippen LogP contribution is -2.48. The molecule has 2 N–H and O–H groups in total. The number of aliphatic carboxylic acids is 1. The normalized spacial score (nSPS) is 20.2. The lowest BCUT2D eigenvalue weighted by molar-refractivity contribution is -0.148. The number of carboxylic acid groups (broad SMARTS) is 1. The molecule has 2 amide bonds. The highest BCUT2D eigenvalue weighted by Crippen LogP contribution is 2.44. The topological polar surface area (TPSA) is 95.9 Å². The highest BCUT2D eigenvalue weighted by atomic mass is 16.5. The number of amides is 2. The molecule has 7 heteroatoms. The van der Waals surface area contributed by atoms with E-state index in [1.165, 1.54) is 11.1 Å². The molecule has 0 spiro atoms. The molecule has 4 rings (SSSR count). The molecule has 1 aliphatic heterocycles. The molecule has 1 aliphatic carbocycles. The molecule has 34 heavy (non-hydrogen) atoms. The first-order valence-electron chi connectivity index (χ1n) is 12.0. The fraction of sp³-hybridized carbons (Fsp3) is 0.444. The summed E-state index contributed by atoms with van der Waals surface area (Å²) in [6, 6.07) is 15.9. The zero-order valence-electron chi connectivity index (χ0n) is 19.7. The highest BCUT2D eigenvalue weighted by Gasteiger charge is 2.34. The summed E-state index contributed by atoms with van der Waals surface area (Å²) in [7, 11) is 0. The Bertz CT molecular complexity index is 1020. The first kappa shape index (κ1) is 23.8. The molecule has 7 nitrogen and oxygen atoms in total. The summed E-state index contributed by atoms with van der Waals surface area (Å²) in [4.78, 5) is 38.5. The van der Waals surface area contributed by atoms with Gasteiger partial charge >= 0.3 is 12.1 Å². The standard InChI is InChI=1S/C27H32N2O5/c1-3-18(14-25(30)29-13-12-17(2)23(15-29)26(31)32)28-27(33)34-16-24-21-10-6-4-8-19(21)20-9-5-7-11-22(20)24/h4-11,17-18,23-24H,3,12-16H2,1-2H3,(H,28,33)(H,31,32). The van der Waals surface area contributed by atoms with E-state index >= 15 is 0 Å². The zero-order chi connectivity index (χ0) is 24.2. The van der Waals surface area contributed by atoms with Crippen molar-refractivity contribution in [1.29, 1.82) is 0 Å². The van der Waals surface area contributed by atoms with E-state index < -0.39 is 18.0 Å². The molecule has 2 aromatic rings. The number of carboxylic acids is 1. The molecule has 0 bridgehead atoms. The molecule has 3 unspecified atom stereocenters. The number of nitrogens with one attached hydrogen (secondary N) is 1. The summed E-state index contributed by atoms with van der Waals surface area (Å²) in [5, 5.41) is 12.2. The van der Waals surface area contributed by atoms with E-state index in [0.717, 1.165) is 11.1 Å². The van der Waals surface area contributed by atoms with Crippen molar-refractivity contribution in [2.75, 3.05) is 19.7 Å². The number of likely N-dealkylation sites (tertiary alicyclic amines) is 1. The van der Waals surface area contributed by atoms with E-state index in [1.807, 2.05) is 38.1 Å². The number of ether oxygens (including phenoxy) is 1. The van der Waals surface area contributed by atoms with Gasteiger partial charge in [-0.3, -0.25) is 9.59 Å². The van der Waals surface area contributed by atoms with E-state index in [1.54, 1.807) is 4.90 Å². The Morgan fingerprint density at radius 1 is 1.09 bits per heavy atom. The molecule has 1 fully saturated rings. The predicted molar refractivity (Wildman–Crippen MR) is 128 cm³/mol. The van der Waals surface area contributed by atoms with Gasteiger partial charge in [-0.25, -0.2) is 4.79 Å². The summed E-state index contributed by atoms with van der Waals surface area (Å²) in [6.45, 7) is 4.80. The van der Waals surface area contributed by atoms with Crippen LogP contribution in [0.4, 0.5) is 4.79 Å². The average molecular weight is 465 g/mol. The maximum Gasteiger partial charge on any atom is 0.407 e. The first-order valence-corrected chi connectivity index (χ1v) is 12.0. The smallest absolute Gasteiger partial charge is 0.407 e. The first-order chi connectivity index (χ1) is 16.4. The predicted octanol–water partition coefficient (Wildman–Crippen LogP) is 4.26. The highest BCUT2D eigenvalue weighted by molar-refractivity contribution is 5.80. The van der Waals surface area contributed by atoms with Crippen molar-refractivity contribution in [2.45, 2.75) is 45.1 Å². The molecule has 3 atom stereocenters. The number of piperidine rings is 1. The van der Waals surface area contributed by atoms with Gasteiger partial charge in [-0.15, -0.1) is 0 Å². The van der Waals surface area contributed by atoms with Crippen molar-refractivity contribution in [1.82, 2.24) is 10.2 Å². The Morgan fingerprint density at radius 2 is 1.71 bits per heavy atom. The lowest BCUT2D eigenvalue weighted by Gasteiger charge is -2.35. The number of carbonyl (C=O) groups excluding carboxylic acids is 2. The van der Waals surface area contributed by atoms with Crippen molar-refractivity contribution >= 4 is 18.0 Å². The van der Waals surface area contributed by atoms with Gasteiger partial charge in [0.2, 0.25) is 5.91 Å². The van der Waals surface area contributed by atoms with Crippen LogP contribution in [0.15, 0.2) is 48.5 Å². The van der Waals surface area contributed by atoms with Crippen molar-refractivity contribution in [3.63, 3.8) is 0 Å². The number of carbonyl (C=O) groups is 3. The molecule has 1 heterocycles. The second-order valence-electron chi connectivity index (χ2n) is 9.33. The molecule has 2 aliphatic rings. The van der Waals surface area contributed by atoms with Gasteiger partial charge in [0.15, 0.2) is 0 Å². The molecule has 180 valence electrons. The van der Waals surface area contributed by atoms with Gasteiger partial charge in [0.1, 0.15) is 6.61 Å². The van der Waals surface area contributed by atoms with Gasteiger partial charge in [0, 0.05) is 31.5 Å². The number of fused-ring (bicyclic) bond motifs is 3. The maximum atomic E-state index is 12.8. The molecule has 2 aromatic carbocycles. The minimum Gasteiger partial charge on any atom is -0.481 e. The number of benzene rings is 2. The molecule has 1 saturated heterocycles. The molecule has 0 saturated carbocycles. The van der Waals surface area contributed by atoms with Crippen molar-refractivity contribution < 1.29 is 24.2 Å². The molecule has 0 radical (unpaired) electrons. The summed E-state index contributed by atoms with van der Waals surface area (Å²) < 4.78 is 5.61. The van der Waals surface area contributed by atoms with Gasteiger partial charge in [-0.1, -0.05) is 62.4 Å². The van der Waals surface area contributed by atoms with E-state index in [4.69, 9.17) is 4.74 Å².